The fourth-order valence-corrected chi connectivity index (χ4v) is 3.85. The van der Waals surface area contributed by atoms with Gasteiger partial charge in [0.15, 0.2) is 0 Å². The van der Waals surface area contributed by atoms with E-state index in [1.807, 2.05) is 56.3 Å². The molecule has 2 aromatic heterocycles. The number of benzene rings is 2. The summed E-state index contributed by atoms with van der Waals surface area (Å²) in [7, 11) is 0. The molecule has 0 saturated heterocycles. The van der Waals surface area contributed by atoms with Crippen LogP contribution in [0.3, 0.4) is 0 Å². The molecule has 0 fully saturated rings. The molecule has 0 aliphatic rings. The lowest BCUT2D eigenvalue weighted by atomic mass is 10.2. The van der Waals surface area contributed by atoms with E-state index in [4.69, 9.17) is 19.0 Å². The molecule has 7 nitrogen and oxygen atoms in total. The maximum absolute atomic E-state index is 13.9. The van der Waals surface area contributed by atoms with Crippen molar-refractivity contribution in [1.82, 2.24) is 14.7 Å². The molecule has 0 saturated carbocycles. The number of para-hydroxylation sites is 1. The zero-order chi connectivity index (χ0) is 24.6. The van der Waals surface area contributed by atoms with E-state index in [0.717, 1.165) is 22.7 Å². The van der Waals surface area contributed by atoms with Gasteiger partial charge in [-0.05, 0) is 50.2 Å². The molecule has 0 bridgehead atoms. The third-order valence-corrected chi connectivity index (χ3v) is 5.47. The first-order chi connectivity index (χ1) is 17.0. The van der Waals surface area contributed by atoms with Gasteiger partial charge in [0, 0.05) is 25.8 Å². The second-order valence-corrected chi connectivity index (χ2v) is 8.24. The van der Waals surface area contributed by atoms with Gasteiger partial charge >= 0.3 is 0 Å². The summed E-state index contributed by atoms with van der Waals surface area (Å²) in [5.74, 6) is 1.25. The highest BCUT2D eigenvalue weighted by Crippen LogP contribution is 2.32. The minimum atomic E-state index is -0.679. The van der Waals surface area contributed by atoms with Crippen molar-refractivity contribution >= 4 is 0 Å². The topological polar surface area (TPSA) is 72.9 Å². The first kappa shape index (κ1) is 24.7. The normalized spacial score (nSPS) is 12.3. The summed E-state index contributed by atoms with van der Waals surface area (Å²) in [6.07, 6.45) is 0.948. The van der Waals surface area contributed by atoms with Gasteiger partial charge in [-0.25, -0.2) is 9.07 Å². The van der Waals surface area contributed by atoms with Crippen molar-refractivity contribution in [3.05, 3.63) is 95.8 Å². The molecule has 4 rings (SSSR count). The number of aromatic nitrogens is 2. The molecule has 8 heteroatoms. The summed E-state index contributed by atoms with van der Waals surface area (Å²) in [4.78, 5) is 2.06. The largest absolute Gasteiger partial charge is 0.468 e. The van der Waals surface area contributed by atoms with E-state index in [1.54, 1.807) is 23.1 Å². The summed E-state index contributed by atoms with van der Waals surface area (Å²) in [5, 5.41) is 15.3. The van der Waals surface area contributed by atoms with Crippen LogP contribution in [-0.2, 0) is 17.8 Å². The van der Waals surface area contributed by atoms with Crippen molar-refractivity contribution < 1.29 is 23.4 Å². The van der Waals surface area contributed by atoms with Gasteiger partial charge in [0.1, 0.15) is 17.3 Å². The smallest absolute Gasteiger partial charge is 0.227 e. The fraction of sp³-hybridized carbons (Fsp3) is 0.296. The predicted molar refractivity (Wildman–Crippen MR) is 130 cm³/mol. The van der Waals surface area contributed by atoms with Crippen molar-refractivity contribution in [2.45, 2.75) is 33.0 Å². The third-order valence-electron chi connectivity index (χ3n) is 5.47. The number of ether oxygens (including phenoxy) is 2. The molecule has 184 valence electrons. The zero-order valence-corrected chi connectivity index (χ0v) is 19.9. The second-order valence-electron chi connectivity index (χ2n) is 8.24. The Morgan fingerprint density at radius 1 is 1.09 bits per heavy atom. The highest BCUT2D eigenvalue weighted by atomic mass is 19.1. The number of furan rings is 1. The van der Waals surface area contributed by atoms with E-state index in [0.29, 0.717) is 37.9 Å². The molecular formula is C27H30FN3O4. The van der Waals surface area contributed by atoms with Crippen LogP contribution >= 0.6 is 0 Å². The molecule has 1 atom stereocenters. The number of rotatable bonds is 12. The number of nitrogens with zero attached hydrogens (tertiary/aromatic N) is 3. The Bertz CT molecular complexity index is 1190. The van der Waals surface area contributed by atoms with Crippen LogP contribution in [0.5, 0.6) is 11.6 Å². The maximum atomic E-state index is 13.9. The summed E-state index contributed by atoms with van der Waals surface area (Å²) >= 11 is 0. The lowest BCUT2D eigenvalue weighted by molar-refractivity contribution is 0.0166. The lowest BCUT2D eigenvalue weighted by Gasteiger charge is -2.24. The van der Waals surface area contributed by atoms with Gasteiger partial charge in [0.2, 0.25) is 5.88 Å². The summed E-state index contributed by atoms with van der Waals surface area (Å²) in [5.41, 5.74) is 2.42. The molecule has 0 spiro atoms. The minimum Gasteiger partial charge on any atom is -0.468 e. The van der Waals surface area contributed by atoms with Gasteiger partial charge in [-0.15, -0.1) is 0 Å². The van der Waals surface area contributed by atoms with Crippen LogP contribution in [0.1, 0.15) is 23.9 Å². The fourth-order valence-electron chi connectivity index (χ4n) is 3.85. The molecule has 0 radical (unpaired) electrons. The quantitative estimate of drug-likeness (QED) is 0.305. The Labute approximate surface area is 204 Å². The summed E-state index contributed by atoms with van der Waals surface area (Å²) < 4.78 is 32.8. The van der Waals surface area contributed by atoms with Crippen LogP contribution in [-0.4, -0.2) is 45.6 Å². The highest BCUT2D eigenvalue weighted by Gasteiger charge is 2.23. The molecule has 2 heterocycles. The number of hydrogen-bond acceptors (Lipinski definition) is 6. The Morgan fingerprint density at radius 2 is 1.91 bits per heavy atom. The van der Waals surface area contributed by atoms with Crippen molar-refractivity contribution in [3.8, 4) is 17.3 Å². The first-order valence-corrected chi connectivity index (χ1v) is 11.6. The maximum Gasteiger partial charge on any atom is 0.227 e. The molecule has 0 aliphatic carbocycles. The second kappa shape index (κ2) is 11.8. The Balaban J connectivity index is 1.69. The van der Waals surface area contributed by atoms with Gasteiger partial charge in [-0.1, -0.05) is 24.3 Å². The Kier molecular flexibility index (Phi) is 8.31. The van der Waals surface area contributed by atoms with E-state index in [9.17, 15) is 9.50 Å². The van der Waals surface area contributed by atoms with Crippen LogP contribution in [0, 0.1) is 12.7 Å². The van der Waals surface area contributed by atoms with Crippen molar-refractivity contribution in [2.75, 3.05) is 19.8 Å². The van der Waals surface area contributed by atoms with Crippen LogP contribution in [0.2, 0.25) is 0 Å². The average Bonchev–Trinajstić information content (AvgIpc) is 3.47. The number of hydrogen-bond donors (Lipinski definition) is 1. The van der Waals surface area contributed by atoms with E-state index < -0.39 is 6.10 Å². The van der Waals surface area contributed by atoms with E-state index in [2.05, 4.69) is 4.90 Å². The summed E-state index contributed by atoms with van der Waals surface area (Å²) in [6, 6.07) is 19.4. The summed E-state index contributed by atoms with van der Waals surface area (Å²) in [6.45, 7) is 5.83. The Hall–Kier alpha value is -3.46. The number of aliphatic hydroxyl groups excluding tert-OH is 1. The van der Waals surface area contributed by atoms with Gasteiger partial charge in [-0.2, -0.15) is 5.10 Å². The number of aliphatic hydroxyl groups is 1. The molecule has 0 amide bonds. The SMILES string of the molecule is CCOCC(O)CN(Cc1ccco1)Cc1c(C)nn(-c2ccccc2)c1Oc1cccc(F)c1. The third kappa shape index (κ3) is 6.57. The van der Waals surface area contributed by atoms with Gasteiger partial charge in [0.05, 0.1) is 42.5 Å². The molecular weight excluding hydrogens is 449 g/mol. The predicted octanol–water partition coefficient (Wildman–Crippen LogP) is 5.10. The molecule has 4 aromatic rings. The highest BCUT2D eigenvalue weighted by molar-refractivity contribution is 5.43. The van der Waals surface area contributed by atoms with Gasteiger partial charge in [-0.3, -0.25) is 4.90 Å². The molecule has 1 unspecified atom stereocenters. The van der Waals surface area contributed by atoms with Gasteiger partial charge in [0.25, 0.3) is 0 Å². The Morgan fingerprint density at radius 3 is 2.63 bits per heavy atom. The molecule has 0 aliphatic heterocycles. The van der Waals surface area contributed by atoms with E-state index in [1.165, 1.54) is 12.1 Å². The molecule has 1 N–H and O–H groups in total. The number of halogens is 1. The minimum absolute atomic E-state index is 0.236. The van der Waals surface area contributed by atoms with Gasteiger partial charge < -0.3 is 19.0 Å². The standard InChI is InChI=1S/C27H30FN3O4/c1-3-33-19-23(32)16-30(17-25-13-8-14-34-25)18-26-20(2)29-31(22-10-5-4-6-11-22)27(26)35-24-12-7-9-21(28)15-24/h4-15,23,32H,3,16-19H2,1-2H3. The van der Waals surface area contributed by atoms with Crippen molar-refractivity contribution in [2.24, 2.45) is 0 Å². The monoisotopic (exact) mass is 479 g/mol. The van der Waals surface area contributed by atoms with E-state index in [-0.39, 0.29) is 12.4 Å². The van der Waals surface area contributed by atoms with Crippen LogP contribution in [0.15, 0.2) is 77.4 Å². The first-order valence-electron chi connectivity index (χ1n) is 11.6. The van der Waals surface area contributed by atoms with E-state index >= 15 is 0 Å². The van der Waals surface area contributed by atoms with Crippen LogP contribution in [0.25, 0.3) is 5.69 Å². The van der Waals surface area contributed by atoms with Crippen LogP contribution in [0.4, 0.5) is 4.39 Å². The number of aryl methyl sites for hydroxylation is 1. The zero-order valence-electron chi connectivity index (χ0n) is 19.9. The van der Waals surface area contributed by atoms with Crippen molar-refractivity contribution in [3.63, 3.8) is 0 Å². The van der Waals surface area contributed by atoms with Crippen molar-refractivity contribution in [1.29, 1.82) is 0 Å². The lowest BCUT2D eigenvalue weighted by Crippen LogP contribution is -2.34. The van der Waals surface area contributed by atoms with Crippen LogP contribution < -0.4 is 4.74 Å². The average molecular weight is 480 g/mol. The molecule has 35 heavy (non-hydrogen) atoms. The molecule has 2 aromatic carbocycles.